The second-order valence-corrected chi connectivity index (χ2v) is 8.14. The summed E-state index contributed by atoms with van der Waals surface area (Å²) >= 11 is 0. The van der Waals surface area contributed by atoms with Gasteiger partial charge in [0.2, 0.25) is 0 Å². The average molecular weight is 369 g/mol. The Bertz CT molecular complexity index is 695. The van der Waals surface area contributed by atoms with Gasteiger partial charge < -0.3 is 9.15 Å². The molecule has 27 heavy (non-hydrogen) atoms. The third-order valence-corrected chi connectivity index (χ3v) is 5.94. The molecule has 2 aliphatic heterocycles. The Morgan fingerprint density at radius 1 is 0.815 bits per heavy atom. The Labute approximate surface area is 163 Å². The Kier molecular flexibility index (Phi) is 6.28. The van der Waals surface area contributed by atoms with Crippen molar-refractivity contribution in [1.29, 1.82) is 0 Å². The molecule has 0 atom stereocenters. The number of hydrogen-bond donors (Lipinski definition) is 0. The summed E-state index contributed by atoms with van der Waals surface area (Å²) in [5.41, 5.74) is 2.91. The van der Waals surface area contributed by atoms with Crippen LogP contribution in [-0.2, 0) is 24.2 Å². The summed E-state index contributed by atoms with van der Waals surface area (Å²) in [4.78, 5) is 5.01. The minimum absolute atomic E-state index is 0.810. The van der Waals surface area contributed by atoms with Crippen LogP contribution in [0.2, 0.25) is 0 Å². The first-order valence-electron chi connectivity index (χ1n) is 10.4. The lowest BCUT2D eigenvalue weighted by molar-refractivity contribution is 0.0342. The van der Waals surface area contributed by atoms with E-state index >= 15 is 0 Å². The van der Waals surface area contributed by atoms with E-state index in [1.165, 1.54) is 43.5 Å². The molecule has 1 aromatic carbocycles. The van der Waals surface area contributed by atoms with E-state index in [1.807, 2.05) is 6.92 Å². The van der Waals surface area contributed by atoms with Crippen molar-refractivity contribution in [1.82, 2.24) is 9.80 Å². The highest BCUT2D eigenvalue weighted by molar-refractivity contribution is 5.23. The van der Waals surface area contributed by atoms with Gasteiger partial charge in [-0.1, -0.05) is 24.3 Å². The van der Waals surface area contributed by atoms with Gasteiger partial charge in [0.25, 0.3) is 0 Å². The first kappa shape index (κ1) is 18.7. The Hall–Kier alpha value is -1.62. The molecule has 0 N–H and O–H groups in total. The van der Waals surface area contributed by atoms with Gasteiger partial charge >= 0.3 is 0 Å². The van der Waals surface area contributed by atoms with Crippen molar-refractivity contribution in [3.8, 4) is 0 Å². The lowest BCUT2D eigenvalue weighted by Crippen LogP contribution is -2.35. The smallest absolute Gasteiger partial charge is 0.118 e. The molecule has 2 aromatic rings. The van der Waals surface area contributed by atoms with Gasteiger partial charge in [-0.05, 0) is 68.5 Å². The number of ether oxygens (including phenoxy) is 1. The van der Waals surface area contributed by atoms with Gasteiger partial charge in [0.1, 0.15) is 11.5 Å². The molecule has 4 nitrogen and oxygen atoms in total. The highest BCUT2D eigenvalue weighted by Gasteiger charge is 2.20. The van der Waals surface area contributed by atoms with Crippen molar-refractivity contribution < 1.29 is 9.15 Å². The van der Waals surface area contributed by atoms with Crippen LogP contribution in [0.25, 0.3) is 0 Å². The maximum absolute atomic E-state index is 5.72. The quantitative estimate of drug-likeness (QED) is 0.774. The van der Waals surface area contributed by atoms with Gasteiger partial charge in [-0.25, -0.2) is 0 Å². The monoisotopic (exact) mass is 368 g/mol. The van der Waals surface area contributed by atoms with Crippen LogP contribution in [-0.4, -0.2) is 49.2 Å². The summed E-state index contributed by atoms with van der Waals surface area (Å²) in [5.74, 6) is 2.92. The van der Waals surface area contributed by atoms with Crippen LogP contribution in [0.5, 0.6) is 0 Å². The fourth-order valence-electron chi connectivity index (χ4n) is 4.27. The van der Waals surface area contributed by atoms with Gasteiger partial charge in [0, 0.05) is 19.6 Å². The van der Waals surface area contributed by atoms with Crippen molar-refractivity contribution in [2.24, 2.45) is 5.92 Å². The summed E-state index contributed by atoms with van der Waals surface area (Å²) in [6.07, 6.45) is 3.79. The maximum Gasteiger partial charge on any atom is 0.118 e. The zero-order valence-electron chi connectivity index (χ0n) is 16.5. The molecule has 4 heteroatoms. The van der Waals surface area contributed by atoms with E-state index < -0.39 is 0 Å². The van der Waals surface area contributed by atoms with E-state index in [0.717, 1.165) is 56.8 Å². The molecule has 3 heterocycles. The fraction of sp³-hybridized carbons (Fsp3) is 0.565. The van der Waals surface area contributed by atoms with Crippen LogP contribution < -0.4 is 0 Å². The first-order valence-corrected chi connectivity index (χ1v) is 10.4. The molecule has 146 valence electrons. The first-order chi connectivity index (χ1) is 13.2. The third kappa shape index (κ3) is 5.44. The van der Waals surface area contributed by atoms with E-state index in [1.54, 1.807) is 0 Å². The molecule has 0 amide bonds. The highest BCUT2D eigenvalue weighted by atomic mass is 16.5. The van der Waals surface area contributed by atoms with Crippen LogP contribution in [0.3, 0.4) is 0 Å². The molecular formula is C23H32N2O2. The zero-order valence-corrected chi connectivity index (χ0v) is 16.5. The number of aryl methyl sites for hydroxylation is 1. The normalized spacial score (nSPS) is 20.2. The number of piperidine rings is 1. The van der Waals surface area contributed by atoms with E-state index in [-0.39, 0.29) is 0 Å². The largest absolute Gasteiger partial charge is 0.465 e. The predicted molar refractivity (Wildman–Crippen MR) is 108 cm³/mol. The summed E-state index contributed by atoms with van der Waals surface area (Å²) in [7, 11) is 0. The molecule has 0 saturated carbocycles. The summed E-state index contributed by atoms with van der Waals surface area (Å²) in [6, 6.07) is 13.5. The Morgan fingerprint density at radius 3 is 2.15 bits per heavy atom. The predicted octanol–water partition coefficient (Wildman–Crippen LogP) is 3.87. The number of likely N-dealkylation sites (tertiary alicyclic amines) is 1. The molecule has 2 fully saturated rings. The number of hydrogen-bond acceptors (Lipinski definition) is 4. The Morgan fingerprint density at radius 2 is 1.48 bits per heavy atom. The van der Waals surface area contributed by atoms with Crippen molar-refractivity contribution in [2.75, 3.05) is 39.4 Å². The van der Waals surface area contributed by atoms with E-state index in [0.29, 0.717) is 0 Å². The molecular weight excluding hydrogens is 336 g/mol. The highest BCUT2D eigenvalue weighted by Crippen LogP contribution is 2.23. The fourth-order valence-corrected chi connectivity index (χ4v) is 4.27. The molecule has 0 radical (unpaired) electrons. The molecule has 2 saturated heterocycles. The SMILES string of the molecule is Cc1ccc(CN2CCC(Cc3ccc(CN4CCOCC4)cc3)CC2)o1. The maximum atomic E-state index is 5.72. The van der Waals surface area contributed by atoms with E-state index in [9.17, 15) is 0 Å². The third-order valence-electron chi connectivity index (χ3n) is 5.94. The van der Waals surface area contributed by atoms with Gasteiger partial charge in [-0.2, -0.15) is 0 Å². The van der Waals surface area contributed by atoms with Crippen molar-refractivity contribution in [3.63, 3.8) is 0 Å². The number of morpholine rings is 1. The minimum Gasteiger partial charge on any atom is -0.465 e. The molecule has 0 aliphatic carbocycles. The van der Waals surface area contributed by atoms with Gasteiger partial charge in [-0.3, -0.25) is 9.80 Å². The van der Waals surface area contributed by atoms with Crippen LogP contribution >= 0.6 is 0 Å². The second-order valence-electron chi connectivity index (χ2n) is 8.14. The van der Waals surface area contributed by atoms with E-state index in [2.05, 4.69) is 46.2 Å². The average Bonchev–Trinajstić information content (AvgIpc) is 3.10. The number of furan rings is 1. The Balaban J connectivity index is 1.21. The summed E-state index contributed by atoms with van der Waals surface area (Å²) < 4.78 is 11.2. The van der Waals surface area contributed by atoms with Crippen LogP contribution in [0.15, 0.2) is 40.8 Å². The number of rotatable bonds is 6. The molecule has 0 unspecified atom stereocenters. The minimum atomic E-state index is 0.810. The molecule has 0 bridgehead atoms. The standard InChI is InChI=1S/C23H32N2O2/c1-19-2-7-23(27-19)18-24-10-8-21(9-11-24)16-20-3-5-22(6-4-20)17-25-12-14-26-15-13-25/h2-7,21H,8-18H2,1H3. The van der Waals surface area contributed by atoms with Crippen LogP contribution in [0, 0.1) is 12.8 Å². The van der Waals surface area contributed by atoms with Gasteiger partial charge in [0.15, 0.2) is 0 Å². The van der Waals surface area contributed by atoms with E-state index in [4.69, 9.17) is 9.15 Å². The van der Waals surface area contributed by atoms with Crippen molar-refractivity contribution in [3.05, 3.63) is 59.0 Å². The summed E-state index contributed by atoms with van der Waals surface area (Å²) in [6.45, 7) is 10.2. The zero-order chi connectivity index (χ0) is 18.5. The van der Waals surface area contributed by atoms with Crippen molar-refractivity contribution in [2.45, 2.75) is 39.3 Å². The summed E-state index contributed by atoms with van der Waals surface area (Å²) in [5, 5.41) is 0. The molecule has 4 rings (SSSR count). The molecule has 1 aromatic heterocycles. The topological polar surface area (TPSA) is 28.9 Å². The van der Waals surface area contributed by atoms with Gasteiger partial charge in [0.05, 0.1) is 19.8 Å². The number of benzene rings is 1. The lowest BCUT2D eigenvalue weighted by Gasteiger charge is -2.31. The molecule has 0 spiro atoms. The van der Waals surface area contributed by atoms with Gasteiger partial charge in [-0.15, -0.1) is 0 Å². The second kappa shape index (κ2) is 9.05. The molecule has 2 aliphatic rings. The lowest BCUT2D eigenvalue weighted by atomic mass is 9.90. The van der Waals surface area contributed by atoms with Crippen LogP contribution in [0.1, 0.15) is 35.5 Å². The van der Waals surface area contributed by atoms with Crippen molar-refractivity contribution >= 4 is 0 Å². The number of nitrogens with zero attached hydrogens (tertiary/aromatic N) is 2. The van der Waals surface area contributed by atoms with Crippen LogP contribution in [0.4, 0.5) is 0 Å².